The van der Waals surface area contributed by atoms with Crippen LogP contribution in [-0.2, 0) is 9.59 Å². The second-order valence-electron chi connectivity index (χ2n) is 6.06. The second-order valence-corrected chi connectivity index (χ2v) is 7.05. The van der Waals surface area contributed by atoms with Crippen LogP contribution in [0.3, 0.4) is 0 Å². The number of thioether (sulfide) groups is 1. The van der Waals surface area contributed by atoms with Crippen molar-refractivity contribution >= 4 is 46.5 Å². The summed E-state index contributed by atoms with van der Waals surface area (Å²) < 4.78 is 0. The fourth-order valence-corrected chi connectivity index (χ4v) is 3.39. The number of carboxylic acids is 1. The Labute approximate surface area is 165 Å². The third-order valence-electron chi connectivity index (χ3n) is 4.05. The minimum Gasteiger partial charge on any atom is -0.478 e. The van der Waals surface area contributed by atoms with Crippen LogP contribution in [0.4, 0.5) is 10.5 Å². The zero-order valence-electron chi connectivity index (χ0n) is 14.8. The van der Waals surface area contributed by atoms with Crippen LogP contribution in [0.15, 0.2) is 53.4 Å². The molecule has 2 aromatic carbocycles. The number of para-hydroxylation sites is 1. The highest BCUT2D eigenvalue weighted by Gasteiger charge is 2.36. The number of nitrogens with zero attached hydrogens (tertiary/aromatic N) is 1. The maximum Gasteiger partial charge on any atom is 0.335 e. The summed E-state index contributed by atoms with van der Waals surface area (Å²) in [5, 5.41) is 11.1. The van der Waals surface area contributed by atoms with Gasteiger partial charge >= 0.3 is 5.97 Å². The molecule has 1 aliphatic heterocycles. The molecule has 2 N–H and O–H groups in total. The first kappa shape index (κ1) is 19.4. The van der Waals surface area contributed by atoms with E-state index in [1.165, 1.54) is 18.2 Å². The molecule has 1 saturated heterocycles. The highest BCUT2D eigenvalue weighted by molar-refractivity contribution is 8.18. The van der Waals surface area contributed by atoms with E-state index in [-0.39, 0.29) is 17.0 Å². The highest BCUT2D eigenvalue weighted by Crippen LogP contribution is 2.32. The number of hydrogen-bond acceptors (Lipinski definition) is 5. The Morgan fingerprint density at radius 2 is 1.79 bits per heavy atom. The third kappa shape index (κ3) is 4.29. The average Bonchev–Trinajstić information content (AvgIpc) is 2.91. The van der Waals surface area contributed by atoms with Crippen LogP contribution in [0.1, 0.15) is 21.5 Å². The first-order valence-corrected chi connectivity index (χ1v) is 9.11. The molecule has 7 nitrogen and oxygen atoms in total. The number of imide groups is 1. The second kappa shape index (κ2) is 8.10. The number of benzene rings is 2. The van der Waals surface area contributed by atoms with Crippen LogP contribution >= 0.6 is 11.8 Å². The zero-order chi connectivity index (χ0) is 20.3. The molecule has 28 heavy (non-hydrogen) atoms. The van der Waals surface area contributed by atoms with E-state index in [1.807, 2.05) is 19.1 Å². The number of aromatic carboxylic acids is 1. The smallest absolute Gasteiger partial charge is 0.335 e. The van der Waals surface area contributed by atoms with Gasteiger partial charge in [-0.2, -0.15) is 0 Å². The maximum absolute atomic E-state index is 12.5. The van der Waals surface area contributed by atoms with Crippen molar-refractivity contribution < 1.29 is 24.3 Å². The fourth-order valence-electron chi connectivity index (χ4n) is 2.56. The zero-order valence-corrected chi connectivity index (χ0v) is 15.7. The van der Waals surface area contributed by atoms with Gasteiger partial charge in [0.2, 0.25) is 5.91 Å². The van der Waals surface area contributed by atoms with Gasteiger partial charge < -0.3 is 10.4 Å². The Kier molecular flexibility index (Phi) is 5.60. The van der Waals surface area contributed by atoms with E-state index in [0.29, 0.717) is 11.3 Å². The summed E-state index contributed by atoms with van der Waals surface area (Å²) in [4.78, 5) is 48.8. The van der Waals surface area contributed by atoms with E-state index >= 15 is 0 Å². The summed E-state index contributed by atoms with van der Waals surface area (Å²) in [6, 6.07) is 13.1. The molecule has 1 heterocycles. The SMILES string of the molecule is Cc1ccccc1NC(=O)CN1C(=O)S/C(=C\c2ccc(C(=O)O)cc2)C1=O. The number of nitrogens with one attached hydrogen (secondary N) is 1. The summed E-state index contributed by atoms with van der Waals surface area (Å²) in [5.74, 6) is -2.08. The normalized spacial score (nSPS) is 15.2. The first-order valence-electron chi connectivity index (χ1n) is 8.29. The number of amides is 3. The third-order valence-corrected chi connectivity index (χ3v) is 4.96. The summed E-state index contributed by atoms with van der Waals surface area (Å²) in [5.41, 5.74) is 2.20. The van der Waals surface area contributed by atoms with Gasteiger partial charge in [0.1, 0.15) is 6.54 Å². The summed E-state index contributed by atoms with van der Waals surface area (Å²) >= 11 is 0.741. The van der Waals surface area contributed by atoms with Crippen molar-refractivity contribution in [2.24, 2.45) is 0 Å². The average molecular weight is 396 g/mol. The van der Waals surface area contributed by atoms with Crippen molar-refractivity contribution in [3.63, 3.8) is 0 Å². The first-order chi connectivity index (χ1) is 13.3. The number of rotatable bonds is 5. The van der Waals surface area contributed by atoms with Crippen molar-refractivity contribution in [1.82, 2.24) is 4.90 Å². The van der Waals surface area contributed by atoms with Crippen LogP contribution in [-0.4, -0.2) is 39.6 Å². The molecular formula is C20H16N2O5S. The quantitative estimate of drug-likeness (QED) is 0.751. The van der Waals surface area contributed by atoms with Crippen LogP contribution in [0.5, 0.6) is 0 Å². The van der Waals surface area contributed by atoms with Crippen LogP contribution < -0.4 is 5.32 Å². The number of anilines is 1. The molecule has 0 atom stereocenters. The van der Waals surface area contributed by atoms with Crippen molar-refractivity contribution in [2.75, 3.05) is 11.9 Å². The topological polar surface area (TPSA) is 104 Å². The maximum atomic E-state index is 12.5. The molecule has 142 valence electrons. The van der Waals surface area contributed by atoms with Crippen molar-refractivity contribution in [2.45, 2.75) is 6.92 Å². The lowest BCUT2D eigenvalue weighted by molar-refractivity contribution is -0.127. The Bertz CT molecular complexity index is 998. The molecule has 3 amide bonds. The molecular weight excluding hydrogens is 380 g/mol. The lowest BCUT2D eigenvalue weighted by atomic mass is 10.1. The molecule has 1 fully saturated rings. The van der Waals surface area contributed by atoms with Gasteiger partial charge in [-0.3, -0.25) is 19.3 Å². The van der Waals surface area contributed by atoms with Crippen molar-refractivity contribution in [3.8, 4) is 0 Å². The number of aryl methyl sites for hydroxylation is 1. The summed E-state index contributed by atoms with van der Waals surface area (Å²) in [6.45, 7) is 1.46. The number of hydrogen-bond donors (Lipinski definition) is 2. The molecule has 3 rings (SSSR count). The van der Waals surface area contributed by atoms with Crippen molar-refractivity contribution in [1.29, 1.82) is 0 Å². The molecule has 0 spiro atoms. The molecule has 2 aromatic rings. The number of carbonyl (C=O) groups excluding carboxylic acids is 3. The molecule has 1 aliphatic rings. The minimum atomic E-state index is -1.05. The molecule has 0 aliphatic carbocycles. The summed E-state index contributed by atoms with van der Waals surface area (Å²) in [7, 11) is 0. The number of carboxylic acid groups (broad SMARTS) is 1. The Morgan fingerprint density at radius 1 is 1.11 bits per heavy atom. The molecule has 0 bridgehead atoms. The van der Waals surface area contributed by atoms with Gasteiger partial charge in [-0.15, -0.1) is 0 Å². The Balaban J connectivity index is 1.70. The predicted molar refractivity (Wildman–Crippen MR) is 106 cm³/mol. The van der Waals surface area contributed by atoms with Crippen LogP contribution in [0.25, 0.3) is 6.08 Å². The minimum absolute atomic E-state index is 0.123. The van der Waals surface area contributed by atoms with Gasteiger partial charge in [-0.25, -0.2) is 4.79 Å². The van der Waals surface area contributed by atoms with E-state index in [4.69, 9.17) is 5.11 Å². The Hall–Kier alpha value is -3.39. The largest absolute Gasteiger partial charge is 0.478 e. The molecule has 0 aromatic heterocycles. The number of carbonyl (C=O) groups is 4. The summed E-state index contributed by atoms with van der Waals surface area (Å²) in [6.07, 6.45) is 1.50. The molecule has 0 unspecified atom stereocenters. The van der Waals surface area contributed by atoms with Gasteiger partial charge in [0.25, 0.3) is 11.1 Å². The van der Waals surface area contributed by atoms with E-state index in [0.717, 1.165) is 22.2 Å². The van der Waals surface area contributed by atoms with Gasteiger partial charge in [0.05, 0.1) is 10.5 Å². The van der Waals surface area contributed by atoms with Gasteiger partial charge in [-0.1, -0.05) is 30.3 Å². The monoisotopic (exact) mass is 396 g/mol. The molecule has 0 saturated carbocycles. The van der Waals surface area contributed by atoms with E-state index in [1.54, 1.807) is 24.3 Å². The van der Waals surface area contributed by atoms with Crippen LogP contribution in [0.2, 0.25) is 0 Å². The molecule has 0 radical (unpaired) electrons. The highest BCUT2D eigenvalue weighted by atomic mass is 32.2. The molecule has 8 heteroatoms. The fraction of sp³-hybridized carbons (Fsp3) is 0.100. The predicted octanol–water partition coefficient (Wildman–Crippen LogP) is 3.37. The van der Waals surface area contributed by atoms with Gasteiger partial charge in [0, 0.05) is 5.69 Å². The van der Waals surface area contributed by atoms with Crippen LogP contribution in [0, 0.1) is 6.92 Å². The lowest BCUT2D eigenvalue weighted by Crippen LogP contribution is -2.36. The van der Waals surface area contributed by atoms with E-state index < -0.39 is 23.0 Å². The van der Waals surface area contributed by atoms with E-state index in [9.17, 15) is 19.2 Å². The van der Waals surface area contributed by atoms with Gasteiger partial charge in [0.15, 0.2) is 0 Å². The van der Waals surface area contributed by atoms with Gasteiger partial charge in [-0.05, 0) is 54.1 Å². The van der Waals surface area contributed by atoms with E-state index in [2.05, 4.69) is 5.32 Å². The Morgan fingerprint density at radius 3 is 2.43 bits per heavy atom. The lowest BCUT2D eigenvalue weighted by Gasteiger charge is -2.13. The van der Waals surface area contributed by atoms with Crippen molar-refractivity contribution in [3.05, 3.63) is 70.1 Å². The standard InChI is InChI=1S/C20H16N2O5S/c1-12-4-2-3-5-15(12)21-17(23)11-22-18(24)16(28-20(22)27)10-13-6-8-14(9-7-13)19(25)26/h2-10H,11H2,1H3,(H,21,23)(H,25,26)/b16-10-.